The van der Waals surface area contributed by atoms with Crippen LogP contribution in [0.3, 0.4) is 0 Å². The lowest BCUT2D eigenvalue weighted by Gasteiger charge is -2.37. The van der Waals surface area contributed by atoms with Crippen LogP contribution in [0.25, 0.3) is 5.78 Å². The van der Waals surface area contributed by atoms with E-state index in [1.54, 1.807) is 0 Å². The lowest BCUT2D eigenvalue weighted by molar-refractivity contribution is -0.140. The molecular weight excluding hydrogens is 424 g/mol. The quantitative estimate of drug-likeness (QED) is 0.541. The molecule has 0 spiro atoms. The van der Waals surface area contributed by atoms with Gasteiger partial charge in [-0.2, -0.15) is 23.3 Å². The maximum absolute atomic E-state index is 13.6. The van der Waals surface area contributed by atoms with E-state index in [4.69, 9.17) is 0 Å². The Morgan fingerprint density at radius 1 is 1.19 bits per heavy atom. The predicted molar refractivity (Wildman–Crippen MR) is 98.9 cm³/mol. The van der Waals surface area contributed by atoms with Crippen molar-refractivity contribution in [2.45, 2.75) is 38.4 Å². The van der Waals surface area contributed by atoms with Gasteiger partial charge in [0.2, 0.25) is 0 Å². The molecule has 0 bridgehead atoms. The Bertz CT molecular complexity index is 1080. The molecule has 1 saturated heterocycles. The van der Waals surface area contributed by atoms with Crippen molar-refractivity contribution in [1.29, 1.82) is 0 Å². The van der Waals surface area contributed by atoms with Gasteiger partial charge in [-0.25, -0.2) is 22.7 Å². The summed E-state index contributed by atoms with van der Waals surface area (Å²) in [6.07, 6.45) is -5.60. The van der Waals surface area contributed by atoms with Crippen molar-refractivity contribution < 1.29 is 26.3 Å². The average Bonchev–Trinajstić information content (AvgIpc) is 3.18. The molecule has 0 amide bonds. The Kier molecular flexibility index (Phi) is 5.63. The molecule has 1 aromatic carbocycles. The van der Waals surface area contributed by atoms with Gasteiger partial charge in [0.05, 0.1) is 11.3 Å². The average molecular weight is 443 g/mol. The zero-order valence-electron chi connectivity index (χ0n) is 16.5. The van der Waals surface area contributed by atoms with Gasteiger partial charge in [0, 0.05) is 19.0 Å². The molecule has 1 aliphatic rings. The van der Waals surface area contributed by atoms with Crippen molar-refractivity contribution in [3.05, 3.63) is 58.9 Å². The van der Waals surface area contributed by atoms with E-state index >= 15 is 0 Å². The van der Waals surface area contributed by atoms with E-state index < -0.39 is 29.7 Å². The van der Waals surface area contributed by atoms with Gasteiger partial charge < -0.3 is 0 Å². The molecule has 3 heterocycles. The first kappa shape index (κ1) is 21.5. The third-order valence-corrected chi connectivity index (χ3v) is 5.69. The number of hydrogen-bond acceptors (Lipinski definition) is 4. The number of rotatable bonds is 4. The monoisotopic (exact) mass is 443 g/mol. The number of alkyl halides is 5. The lowest BCUT2D eigenvalue weighted by atomic mass is 9.84. The fourth-order valence-corrected chi connectivity index (χ4v) is 4.04. The van der Waals surface area contributed by atoms with Crippen LogP contribution in [0, 0.1) is 11.7 Å². The highest BCUT2D eigenvalue weighted by Gasteiger charge is 2.35. The number of likely N-dealkylation sites (tertiary alicyclic amines) is 1. The van der Waals surface area contributed by atoms with Crippen LogP contribution in [0.15, 0.2) is 30.6 Å². The molecule has 0 N–H and O–H groups in total. The Balaban J connectivity index is 1.62. The Labute approximate surface area is 173 Å². The molecule has 31 heavy (non-hydrogen) atoms. The zero-order chi connectivity index (χ0) is 22.3. The normalized spacial score (nSPS) is 20.6. The van der Waals surface area contributed by atoms with E-state index in [1.165, 1.54) is 23.0 Å². The minimum atomic E-state index is -4.78. The van der Waals surface area contributed by atoms with Crippen LogP contribution in [0.5, 0.6) is 0 Å². The molecule has 2 atom stereocenters. The van der Waals surface area contributed by atoms with Crippen molar-refractivity contribution in [3.8, 4) is 0 Å². The summed E-state index contributed by atoms with van der Waals surface area (Å²) < 4.78 is 80.7. The lowest BCUT2D eigenvalue weighted by Crippen LogP contribution is -2.38. The van der Waals surface area contributed by atoms with E-state index in [-0.39, 0.29) is 24.2 Å². The topological polar surface area (TPSA) is 46.3 Å². The van der Waals surface area contributed by atoms with Crippen molar-refractivity contribution in [1.82, 2.24) is 24.5 Å². The van der Waals surface area contributed by atoms with Gasteiger partial charge in [-0.1, -0.05) is 13.0 Å². The molecule has 2 aromatic heterocycles. The molecule has 0 saturated carbocycles. The minimum absolute atomic E-state index is 0.0745. The molecule has 1 aliphatic heterocycles. The molecule has 0 unspecified atom stereocenters. The molecule has 1 fully saturated rings. The first-order chi connectivity index (χ1) is 14.6. The van der Waals surface area contributed by atoms with Crippen LogP contribution < -0.4 is 0 Å². The second kappa shape index (κ2) is 8.10. The molecule has 3 aromatic rings. The van der Waals surface area contributed by atoms with Crippen molar-refractivity contribution in [3.63, 3.8) is 0 Å². The summed E-state index contributed by atoms with van der Waals surface area (Å²) >= 11 is 0. The summed E-state index contributed by atoms with van der Waals surface area (Å²) in [5.74, 6) is -1.33. The standard InChI is InChI=1S/C20H19F6N5/c1-11-4-5-30(8-12-2-3-15(21)14(6-12)20(24,25)26)9-13(11)17-7-16(18(22)23)29-19-27-10-28-31(17)19/h2-3,6-7,10-11,13,18H,4-5,8-9H2,1H3/t11-,13-/m1/s1. The van der Waals surface area contributed by atoms with Crippen LogP contribution in [0.1, 0.15) is 48.2 Å². The molecule has 4 rings (SSSR count). The SMILES string of the molecule is C[C@@H]1CCN(Cc2ccc(F)c(C(F)(F)F)c2)C[C@H]1c1cc(C(F)F)nc2ncnn12. The first-order valence-electron chi connectivity index (χ1n) is 9.70. The minimum Gasteiger partial charge on any atom is -0.298 e. The van der Waals surface area contributed by atoms with E-state index in [9.17, 15) is 26.3 Å². The molecule has 0 radical (unpaired) electrons. The van der Waals surface area contributed by atoms with Gasteiger partial charge >= 0.3 is 6.18 Å². The molecule has 166 valence electrons. The Hall–Kier alpha value is -2.69. The van der Waals surface area contributed by atoms with Crippen molar-refractivity contribution in [2.75, 3.05) is 13.1 Å². The fourth-order valence-electron chi connectivity index (χ4n) is 4.04. The molecule has 0 aliphatic carbocycles. The number of aromatic nitrogens is 4. The van der Waals surface area contributed by atoms with Crippen LogP contribution in [0.2, 0.25) is 0 Å². The highest BCUT2D eigenvalue weighted by Crippen LogP contribution is 2.35. The summed E-state index contributed by atoms with van der Waals surface area (Å²) in [5.41, 5.74) is -0.832. The number of hydrogen-bond donors (Lipinski definition) is 0. The highest BCUT2D eigenvalue weighted by molar-refractivity contribution is 5.33. The summed E-state index contributed by atoms with van der Waals surface area (Å²) in [4.78, 5) is 9.68. The van der Waals surface area contributed by atoms with E-state index in [0.29, 0.717) is 30.8 Å². The zero-order valence-corrected chi connectivity index (χ0v) is 16.5. The van der Waals surface area contributed by atoms with Crippen molar-refractivity contribution in [2.24, 2.45) is 5.92 Å². The first-order valence-corrected chi connectivity index (χ1v) is 9.70. The number of halogens is 6. The third kappa shape index (κ3) is 4.36. The smallest absolute Gasteiger partial charge is 0.298 e. The van der Waals surface area contributed by atoms with Crippen molar-refractivity contribution >= 4 is 5.78 Å². The van der Waals surface area contributed by atoms with E-state index in [2.05, 4.69) is 15.1 Å². The van der Waals surface area contributed by atoms with Crippen LogP contribution in [-0.2, 0) is 12.7 Å². The number of benzene rings is 1. The molecule has 11 heteroatoms. The van der Waals surface area contributed by atoms with E-state index in [1.807, 2.05) is 11.8 Å². The second-order valence-corrected chi connectivity index (χ2v) is 7.80. The number of nitrogens with zero attached hydrogens (tertiary/aromatic N) is 5. The summed E-state index contributed by atoms with van der Waals surface area (Å²) in [5, 5.41) is 4.10. The van der Waals surface area contributed by atoms with Gasteiger partial charge in [-0.05, 0) is 42.6 Å². The third-order valence-electron chi connectivity index (χ3n) is 5.69. The number of piperidine rings is 1. The Morgan fingerprint density at radius 3 is 2.68 bits per heavy atom. The van der Waals surface area contributed by atoms with Gasteiger partial charge in [0.25, 0.3) is 12.2 Å². The maximum Gasteiger partial charge on any atom is 0.419 e. The van der Waals surface area contributed by atoms with Gasteiger partial charge in [-0.3, -0.25) is 4.90 Å². The predicted octanol–water partition coefficient (Wildman–Crippen LogP) is 4.85. The number of fused-ring (bicyclic) bond motifs is 1. The largest absolute Gasteiger partial charge is 0.419 e. The highest BCUT2D eigenvalue weighted by atomic mass is 19.4. The summed E-state index contributed by atoms with van der Waals surface area (Å²) in [6, 6.07) is 4.28. The Morgan fingerprint density at radius 2 is 1.97 bits per heavy atom. The van der Waals surface area contributed by atoms with Gasteiger partial charge in [0.1, 0.15) is 17.8 Å². The van der Waals surface area contributed by atoms with E-state index in [0.717, 1.165) is 12.1 Å². The maximum atomic E-state index is 13.6. The molecule has 5 nitrogen and oxygen atoms in total. The molecular formula is C20H19F6N5. The van der Waals surface area contributed by atoms with Gasteiger partial charge in [0.15, 0.2) is 0 Å². The van der Waals surface area contributed by atoms with Crippen LogP contribution in [0.4, 0.5) is 26.3 Å². The summed E-state index contributed by atoms with van der Waals surface area (Å²) in [6.45, 7) is 3.21. The summed E-state index contributed by atoms with van der Waals surface area (Å²) in [7, 11) is 0. The van der Waals surface area contributed by atoms with Crippen LogP contribution >= 0.6 is 0 Å². The van der Waals surface area contributed by atoms with Gasteiger partial charge in [-0.15, -0.1) is 0 Å². The fraction of sp³-hybridized carbons (Fsp3) is 0.450. The second-order valence-electron chi connectivity index (χ2n) is 7.80. The van der Waals surface area contributed by atoms with Crippen LogP contribution in [-0.4, -0.2) is 37.6 Å².